The average molecular weight is 238 g/mol. The van der Waals surface area contributed by atoms with Gasteiger partial charge in [-0.1, -0.05) is 0 Å². The molecule has 1 heterocycles. The van der Waals surface area contributed by atoms with E-state index in [1.807, 2.05) is 7.05 Å². The van der Waals surface area contributed by atoms with Crippen molar-refractivity contribution >= 4 is 17.2 Å². The largest absolute Gasteiger partial charge is 0.350 e. The highest BCUT2D eigenvalue weighted by atomic mass is 32.1. The Morgan fingerprint density at radius 2 is 2.19 bits per heavy atom. The summed E-state index contributed by atoms with van der Waals surface area (Å²) >= 11 is 1.67. The van der Waals surface area contributed by atoms with Gasteiger partial charge >= 0.3 is 0 Å². The summed E-state index contributed by atoms with van der Waals surface area (Å²) in [5.41, 5.74) is 1.40. The van der Waals surface area contributed by atoms with Gasteiger partial charge in [-0.3, -0.25) is 4.79 Å². The second-order valence-corrected chi connectivity index (χ2v) is 5.26. The number of nitrogens with one attached hydrogen (secondary N) is 2. The van der Waals surface area contributed by atoms with Gasteiger partial charge in [-0.15, -0.1) is 11.3 Å². The second kappa shape index (κ2) is 5.46. The van der Waals surface area contributed by atoms with Crippen LogP contribution in [0.1, 0.15) is 33.0 Å². The molecule has 1 aliphatic carbocycles. The number of carbonyl (C=O) groups excluding carboxylic acids is 1. The Labute approximate surface area is 100 Å². The molecule has 3 nitrogen and oxygen atoms in total. The second-order valence-electron chi connectivity index (χ2n) is 4.13. The summed E-state index contributed by atoms with van der Waals surface area (Å²) in [6.45, 7) is 1.51. The molecule has 0 aromatic carbocycles. The number of hydrogen-bond donors (Lipinski definition) is 2. The minimum atomic E-state index is 0.0784. The number of amides is 1. The molecule has 0 bridgehead atoms. The fourth-order valence-electron chi connectivity index (χ4n) is 1.99. The Bertz CT molecular complexity index is 350. The Hall–Kier alpha value is -0.870. The van der Waals surface area contributed by atoms with Gasteiger partial charge in [0.15, 0.2) is 0 Å². The maximum atomic E-state index is 11.8. The molecule has 1 aromatic rings. The molecule has 0 aliphatic heterocycles. The molecule has 16 heavy (non-hydrogen) atoms. The monoisotopic (exact) mass is 238 g/mol. The maximum absolute atomic E-state index is 11.8. The van der Waals surface area contributed by atoms with Gasteiger partial charge in [0, 0.05) is 18.0 Å². The number of aryl methyl sites for hydroxylation is 2. The third-order valence-electron chi connectivity index (χ3n) is 2.88. The Morgan fingerprint density at radius 3 is 2.94 bits per heavy atom. The zero-order chi connectivity index (χ0) is 11.4. The molecular formula is C12H18N2OS. The first-order chi connectivity index (χ1) is 7.81. The van der Waals surface area contributed by atoms with Gasteiger partial charge in [0.2, 0.25) is 0 Å². The molecule has 0 saturated carbocycles. The third-order valence-corrected chi connectivity index (χ3v) is 4.12. The van der Waals surface area contributed by atoms with E-state index >= 15 is 0 Å². The van der Waals surface area contributed by atoms with Gasteiger partial charge in [0.1, 0.15) is 0 Å². The van der Waals surface area contributed by atoms with Crippen LogP contribution in [0.15, 0.2) is 6.07 Å². The van der Waals surface area contributed by atoms with Crippen molar-refractivity contribution in [3.05, 3.63) is 21.4 Å². The molecule has 0 unspecified atom stereocenters. The van der Waals surface area contributed by atoms with Gasteiger partial charge in [-0.05, 0) is 44.4 Å². The van der Waals surface area contributed by atoms with Crippen LogP contribution < -0.4 is 10.6 Å². The van der Waals surface area contributed by atoms with Crippen molar-refractivity contribution in [2.24, 2.45) is 0 Å². The summed E-state index contributed by atoms with van der Waals surface area (Å²) in [6, 6.07) is 2.08. The van der Waals surface area contributed by atoms with Crippen LogP contribution in [0.2, 0.25) is 0 Å². The Kier molecular flexibility index (Phi) is 3.96. The number of carbonyl (C=O) groups is 1. The molecule has 2 rings (SSSR count). The van der Waals surface area contributed by atoms with Crippen LogP contribution in [0.4, 0.5) is 0 Å². The maximum Gasteiger partial charge on any atom is 0.261 e. The van der Waals surface area contributed by atoms with Crippen LogP contribution in [0.25, 0.3) is 0 Å². The van der Waals surface area contributed by atoms with Crippen molar-refractivity contribution in [1.29, 1.82) is 0 Å². The van der Waals surface area contributed by atoms with Crippen LogP contribution in [-0.2, 0) is 12.8 Å². The van der Waals surface area contributed by atoms with Crippen molar-refractivity contribution in [3.63, 3.8) is 0 Å². The lowest BCUT2D eigenvalue weighted by Crippen LogP contribution is -2.29. The fraction of sp³-hybridized carbons (Fsp3) is 0.583. The summed E-state index contributed by atoms with van der Waals surface area (Å²) in [5.74, 6) is 0.0784. The molecule has 0 saturated heterocycles. The first kappa shape index (κ1) is 11.6. The number of thiophene rings is 1. The van der Waals surface area contributed by atoms with Gasteiger partial charge in [0.05, 0.1) is 4.88 Å². The summed E-state index contributed by atoms with van der Waals surface area (Å²) < 4.78 is 0. The van der Waals surface area contributed by atoms with Crippen LogP contribution >= 0.6 is 11.3 Å². The molecule has 0 spiro atoms. The topological polar surface area (TPSA) is 41.1 Å². The van der Waals surface area contributed by atoms with E-state index in [4.69, 9.17) is 0 Å². The van der Waals surface area contributed by atoms with Crippen molar-refractivity contribution < 1.29 is 4.79 Å². The summed E-state index contributed by atoms with van der Waals surface area (Å²) in [7, 11) is 1.88. The van der Waals surface area contributed by atoms with Crippen molar-refractivity contribution in [3.8, 4) is 0 Å². The zero-order valence-corrected chi connectivity index (χ0v) is 10.5. The van der Waals surface area contributed by atoms with Gasteiger partial charge in [-0.25, -0.2) is 0 Å². The molecule has 4 heteroatoms. The summed E-state index contributed by atoms with van der Waals surface area (Å²) in [6.07, 6.45) is 4.85. The molecule has 2 N–H and O–H groups in total. The average Bonchev–Trinajstić information content (AvgIpc) is 2.73. The van der Waals surface area contributed by atoms with Gasteiger partial charge < -0.3 is 10.6 Å². The Morgan fingerprint density at radius 1 is 1.38 bits per heavy atom. The van der Waals surface area contributed by atoms with E-state index in [-0.39, 0.29) is 5.91 Å². The van der Waals surface area contributed by atoms with E-state index in [0.717, 1.165) is 24.3 Å². The minimum absolute atomic E-state index is 0.0784. The van der Waals surface area contributed by atoms with Crippen molar-refractivity contribution in [2.75, 3.05) is 20.1 Å². The first-order valence-corrected chi connectivity index (χ1v) is 6.67. The number of rotatable bonds is 4. The normalized spacial score (nSPS) is 14.6. The smallest absolute Gasteiger partial charge is 0.261 e. The van der Waals surface area contributed by atoms with E-state index in [0.29, 0.717) is 6.54 Å². The van der Waals surface area contributed by atoms with Crippen LogP contribution in [-0.4, -0.2) is 26.0 Å². The molecule has 0 fully saturated rings. The molecule has 0 radical (unpaired) electrons. The highest BCUT2D eigenvalue weighted by molar-refractivity contribution is 7.14. The SMILES string of the molecule is CNCCNC(=O)c1cc2c(s1)CCCC2. The molecule has 1 aromatic heterocycles. The van der Waals surface area contributed by atoms with E-state index < -0.39 is 0 Å². The predicted molar refractivity (Wildman–Crippen MR) is 67.2 cm³/mol. The highest BCUT2D eigenvalue weighted by Crippen LogP contribution is 2.29. The van der Waals surface area contributed by atoms with Crippen molar-refractivity contribution in [2.45, 2.75) is 25.7 Å². The quantitative estimate of drug-likeness (QED) is 0.782. The van der Waals surface area contributed by atoms with Crippen LogP contribution in [0, 0.1) is 0 Å². The number of likely N-dealkylation sites (N-methyl/N-ethyl adjacent to an activating group) is 1. The Balaban J connectivity index is 1.98. The van der Waals surface area contributed by atoms with Gasteiger partial charge in [-0.2, -0.15) is 0 Å². The molecule has 1 aliphatic rings. The van der Waals surface area contributed by atoms with Crippen LogP contribution in [0.3, 0.4) is 0 Å². The van der Waals surface area contributed by atoms with Crippen molar-refractivity contribution in [1.82, 2.24) is 10.6 Å². The summed E-state index contributed by atoms with van der Waals surface area (Å²) in [4.78, 5) is 14.1. The molecular weight excluding hydrogens is 220 g/mol. The van der Waals surface area contributed by atoms with E-state index in [1.54, 1.807) is 11.3 Å². The van der Waals surface area contributed by atoms with E-state index in [9.17, 15) is 4.79 Å². The zero-order valence-electron chi connectivity index (χ0n) is 9.64. The lowest BCUT2D eigenvalue weighted by molar-refractivity contribution is 0.0958. The highest BCUT2D eigenvalue weighted by Gasteiger charge is 2.16. The first-order valence-electron chi connectivity index (χ1n) is 5.85. The number of hydrogen-bond acceptors (Lipinski definition) is 3. The predicted octanol–water partition coefficient (Wildman–Crippen LogP) is 1.58. The van der Waals surface area contributed by atoms with E-state index in [1.165, 1.54) is 23.3 Å². The standard InChI is InChI=1S/C12H18N2OS/c1-13-6-7-14-12(15)11-8-9-4-2-3-5-10(9)16-11/h8,13H,2-7H2,1H3,(H,14,15). The lowest BCUT2D eigenvalue weighted by atomic mass is 9.99. The van der Waals surface area contributed by atoms with E-state index in [2.05, 4.69) is 16.7 Å². The molecule has 88 valence electrons. The summed E-state index contributed by atoms with van der Waals surface area (Å²) in [5, 5.41) is 5.93. The number of fused-ring (bicyclic) bond motifs is 1. The van der Waals surface area contributed by atoms with Gasteiger partial charge in [0.25, 0.3) is 5.91 Å². The minimum Gasteiger partial charge on any atom is -0.350 e. The third kappa shape index (κ3) is 2.62. The molecule has 0 atom stereocenters. The lowest BCUT2D eigenvalue weighted by Gasteiger charge is -2.08. The molecule has 1 amide bonds. The fourth-order valence-corrected chi connectivity index (χ4v) is 3.16. The van der Waals surface area contributed by atoms with Crippen LogP contribution in [0.5, 0.6) is 0 Å².